The first-order valence-electron chi connectivity index (χ1n) is 2.10. The van der Waals surface area contributed by atoms with Crippen molar-refractivity contribution >= 4 is 16.8 Å². The summed E-state index contributed by atoms with van der Waals surface area (Å²) in [6.07, 6.45) is 2.26. The number of rotatable bonds is 0. The molecule has 0 aromatic heterocycles. The van der Waals surface area contributed by atoms with E-state index in [1.165, 1.54) is 12.2 Å². The summed E-state index contributed by atoms with van der Waals surface area (Å²) in [6, 6.07) is 0. The van der Waals surface area contributed by atoms with Gasteiger partial charge in [-0.3, -0.25) is 5.41 Å². The van der Waals surface area contributed by atoms with Gasteiger partial charge in [0, 0.05) is 0 Å². The molecule has 0 saturated carbocycles. The normalized spacial score (nSPS) is 19.1. The number of hydrogen-bond donors (Lipinski definition) is 2. The van der Waals surface area contributed by atoms with Gasteiger partial charge < -0.3 is 6.15 Å². The van der Waals surface area contributed by atoms with Crippen molar-refractivity contribution in [2.24, 2.45) is 0 Å². The first kappa shape index (κ1) is 6.98. The van der Waals surface area contributed by atoms with Crippen LogP contribution in [-0.4, -0.2) is 10.8 Å². The molecule has 0 atom stereocenters. The lowest BCUT2D eigenvalue weighted by Crippen LogP contribution is -1.73. The SMILES string of the molecule is N.N=C1CCCS1. The van der Waals surface area contributed by atoms with E-state index in [0.717, 1.165) is 11.5 Å². The van der Waals surface area contributed by atoms with Crippen molar-refractivity contribution in [2.75, 3.05) is 5.75 Å². The molecule has 1 fully saturated rings. The molecule has 0 unspecified atom stereocenters. The van der Waals surface area contributed by atoms with E-state index in [1.807, 2.05) is 0 Å². The summed E-state index contributed by atoms with van der Waals surface area (Å²) in [7, 11) is 0. The number of hydrogen-bond acceptors (Lipinski definition) is 3. The van der Waals surface area contributed by atoms with Crippen molar-refractivity contribution in [2.45, 2.75) is 12.8 Å². The van der Waals surface area contributed by atoms with Crippen LogP contribution < -0.4 is 6.15 Å². The van der Waals surface area contributed by atoms with E-state index in [2.05, 4.69) is 0 Å². The van der Waals surface area contributed by atoms with E-state index in [4.69, 9.17) is 5.41 Å². The van der Waals surface area contributed by atoms with Gasteiger partial charge in [-0.15, -0.1) is 11.8 Å². The Balaban J connectivity index is 0.000000360. The highest BCUT2D eigenvalue weighted by molar-refractivity contribution is 8.14. The highest BCUT2D eigenvalue weighted by atomic mass is 32.2. The zero-order valence-corrected chi connectivity index (χ0v) is 5.05. The van der Waals surface area contributed by atoms with E-state index in [-0.39, 0.29) is 6.15 Å². The van der Waals surface area contributed by atoms with Crippen LogP contribution in [-0.2, 0) is 0 Å². The maximum atomic E-state index is 7.01. The number of thioether (sulfide) groups is 1. The topological polar surface area (TPSA) is 58.9 Å². The van der Waals surface area contributed by atoms with E-state index in [9.17, 15) is 0 Å². The van der Waals surface area contributed by atoms with Crippen molar-refractivity contribution in [3.8, 4) is 0 Å². The summed E-state index contributed by atoms with van der Waals surface area (Å²) >= 11 is 1.68. The van der Waals surface area contributed by atoms with Gasteiger partial charge in [0.25, 0.3) is 0 Å². The highest BCUT2D eigenvalue weighted by Gasteiger charge is 2.04. The first-order chi connectivity index (χ1) is 2.89. The van der Waals surface area contributed by atoms with Crippen molar-refractivity contribution in [1.82, 2.24) is 6.15 Å². The molecular formula is C4H10N2S. The zero-order valence-electron chi connectivity index (χ0n) is 4.24. The largest absolute Gasteiger partial charge is 0.344 e. The molecule has 1 saturated heterocycles. The summed E-state index contributed by atoms with van der Waals surface area (Å²) in [5.74, 6) is 1.18. The Bertz CT molecular complexity index is 64.1. The van der Waals surface area contributed by atoms with Crippen LogP contribution in [0.1, 0.15) is 12.8 Å². The third-order valence-electron chi connectivity index (χ3n) is 0.824. The summed E-state index contributed by atoms with van der Waals surface area (Å²) in [5, 5.41) is 7.88. The minimum atomic E-state index is 0. The Morgan fingerprint density at radius 1 is 1.57 bits per heavy atom. The molecule has 3 heteroatoms. The molecule has 4 N–H and O–H groups in total. The van der Waals surface area contributed by atoms with Crippen LogP contribution >= 0.6 is 11.8 Å². The Morgan fingerprint density at radius 2 is 2.29 bits per heavy atom. The molecular weight excluding hydrogens is 108 g/mol. The summed E-state index contributed by atoms with van der Waals surface area (Å²) in [6.45, 7) is 0. The summed E-state index contributed by atoms with van der Waals surface area (Å²) in [5.41, 5.74) is 0. The van der Waals surface area contributed by atoms with Gasteiger partial charge in [0.05, 0.1) is 5.04 Å². The van der Waals surface area contributed by atoms with Crippen LogP contribution in [0, 0.1) is 5.41 Å². The molecule has 42 valence electrons. The van der Waals surface area contributed by atoms with Crippen LogP contribution in [0.3, 0.4) is 0 Å². The predicted octanol–water partition coefficient (Wildman–Crippen LogP) is 1.65. The molecule has 0 bridgehead atoms. The van der Waals surface area contributed by atoms with Crippen LogP contribution in [0.4, 0.5) is 0 Å². The Kier molecular flexibility index (Phi) is 3.04. The standard InChI is InChI=1S/C4H7NS.H3N/c5-4-2-1-3-6-4;/h5H,1-3H2;1H3. The Labute approximate surface area is 47.8 Å². The van der Waals surface area contributed by atoms with Gasteiger partial charge >= 0.3 is 0 Å². The van der Waals surface area contributed by atoms with Gasteiger partial charge in [0.15, 0.2) is 0 Å². The molecule has 0 radical (unpaired) electrons. The summed E-state index contributed by atoms with van der Waals surface area (Å²) in [4.78, 5) is 0. The lowest BCUT2D eigenvalue weighted by molar-refractivity contribution is 1.04. The molecule has 0 amide bonds. The minimum absolute atomic E-state index is 0. The Hall–Kier alpha value is -0.0200. The maximum absolute atomic E-state index is 7.01. The average molecular weight is 118 g/mol. The van der Waals surface area contributed by atoms with Gasteiger partial charge in [-0.25, -0.2) is 0 Å². The highest BCUT2D eigenvalue weighted by Crippen LogP contribution is 2.17. The fourth-order valence-corrected chi connectivity index (χ4v) is 1.32. The van der Waals surface area contributed by atoms with E-state index >= 15 is 0 Å². The van der Waals surface area contributed by atoms with Crippen LogP contribution in [0.15, 0.2) is 0 Å². The van der Waals surface area contributed by atoms with Crippen molar-refractivity contribution in [1.29, 1.82) is 5.41 Å². The monoisotopic (exact) mass is 118 g/mol. The lowest BCUT2D eigenvalue weighted by Gasteiger charge is -1.77. The van der Waals surface area contributed by atoms with Crippen molar-refractivity contribution in [3.05, 3.63) is 0 Å². The maximum Gasteiger partial charge on any atom is 0.0641 e. The summed E-state index contributed by atoms with van der Waals surface area (Å²) < 4.78 is 0. The molecule has 0 aromatic carbocycles. The molecule has 0 spiro atoms. The third kappa shape index (κ3) is 1.94. The molecule has 1 heterocycles. The second-order valence-electron chi connectivity index (χ2n) is 1.38. The third-order valence-corrected chi connectivity index (χ3v) is 1.87. The van der Waals surface area contributed by atoms with Crippen LogP contribution in [0.25, 0.3) is 0 Å². The molecule has 1 rings (SSSR count). The van der Waals surface area contributed by atoms with Gasteiger partial charge in [0.2, 0.25) is 0 Å². The van der Waals surface area contributed by atoms with Gasteiger partial charge in [-0.05, 0) is 18.6 Å². The Morgan fingerprint density at radius 3 is 2.43 bits per heavy atom. The quantitative estimate of drug-likeness (QED) is 0.508. The molecule has 2 nitrogen and oxygen atoms in total. The lowest BCUT2D eigenvalue weighted by atomic mass is 10.4. The molecule has 0 aromatic rings. The second-order valence-corrected chi connectivity index (χ2v) is 2.56. The first-order valence-corrected chi connectivity index (χ1v) is 3.08. The zero-order chi connectivity index (χ0) is 4.41. The van der Waals surface area contributed by atoms with Gasteiger partial charge in [0.1, 0.15) is 0 Å². The number of nitrogens with one attached hydrogen (secondary N) is 1. The molecule has 7 heavy (non-hydrogen) atoms. The van der Waals surface area contributed by atoms with E-state index in [0.29, 0.717) is 0 Å². The van der Waals surface area contributed by atoms with E-state index in [1.54, 1.807) is 11.8 Å². The van der Waals surface area contributed by atoms with E-state index < -0.39 is 0 Å². The van der Waals surface area contributed by atoms with Crippen molar-refractivity contribution < 1.29 is 0 Å². The fraction of sp³-hybridized carbons (Fsp3) is 0.750. The molecule has 0 aliphatic carbocycles. The average Bonchev–Trinajstić information content (AvgIpc) is 1.86. The second kappa shape index (κ2) is 3.04. The van der Waals surface area contributed by atoms with Crippen LogP contribution in [0.2, 0.25) is 0 Å². The van der Waals surface area contributed by atoms with Gasteiger partial charge in [-0.2, -0.15) is 0 Å². The minimum Gasteiger partial charge on any atom is -0.344 e. The fourth-order valence-electron chi connectivity index (χ4n) is 0.500. The van der Waals surface area contributed by atoms with Gasteiger partial charge in [-0.1, -0.05) is 0 Å². The molecule has 1 aliphatic heterocycles. The van der Waals surface area contributed by atoms with Crippen LogP contribution in [0.5, 0.6) is 0 Å². The van der Waals surface area contributed by atoms with Crippen molar-refractivity contribution in [3.63, 3.8) is 0 Å². The smallest absolute Gasteiger partial charge is 0.0641 e. The molecule has 1 aliphatic rings. The predicted molar refractivity (Wildman–Crippen MR) is 34.4 cm³/mol.